The maximum Gasteiger partial charge on any atom is 0.133 e. The maximum atomic E-state index is 9.50. The molecule has 1 heterocycles. The van der Waals surface area contributed by atoms with Crippen LogP contribution in [0, 0.1) is 0 Å². The Balaban J connectivity index is 2.07. The molecular weight excluding hydrogens is 186 g/mol. The van der Waals surface area contributed by atoms with Gasteiger partial charge in [0.15, 0.2) is 0 Å². The highest BCUT2D eigenvalue weighted by molar-refractivity contribution is 5.01. The van der Waals surface area contributed by atoms with Crippen LogP contribution in [0.25, 0.3) is 0 Å². The standard InChI is InChI=1S/C9H15NO4/c1-12-5-6-14-10-7-8(11)9-3-2-4-13-9/h2-4,8,10-11H,5-7H2,1H3. The molecule has 0 bridgehead atoms. The lowest BCUT2D eigenvalue weighted by molar-refractivity contribution is -0.0140. The zero-order chi connectivity index (χ0) is 10.2. The van der Waals surface area contributed by atoms with Crippen LogP contribution in [0.1, 0.15) is 11.9 Å². The average molecular weight is 201 g/mol. The summed E-state index contributed by atoms with van der Waals surface area (Å²) >= 11 is 0. The van der Waals surface area contributed by atoms with E-state index in [0.29, 0.717) is 19.0 Å². The lowest BCUT2D eigenvalue weighted by Crippen LogP contribution is -2.23. The number of aliphatic hydroxyl groups is 1. The van der Waals surface area contributed by atoms with Crippen molar-refractivity contribution in [3.05, 3.63) is 24.2 Å². The summed E-state index contributed by atoms with van der Waals surface area (Å²) < 4.78 is 9.78. The van der Waals surface area contributed by atoms with Crippen LogP contribution in [0.15, 0.2) is 22.8 Å². The van der Waals surface area contributed by atoms with Crippen LogP contribution in [0.4, 0.5) is 0 Å². The highest BCUT2D eigenvalue weighted by atomic mass is 16.7. The van der Waals surface area contributed by atoms with E-state index in [2.05, 4.69) is 5.48 Å². The first-order valence-corrected chi connectivity index (χ1v) is 4.39. The van der Waals surface area contributed by atoms with Gasteiger partial charge in [-0.05, 0) is 12.1 Å². The van der Waals surface area contributed by atoms with Crippen LogP contribution in [0.3, 0.4) is 0 Å². The molecule has 0 aromatic carbocycles. The lowest BCUT2D eigenvalue weighted by atomic mass is 10.3. The number of hydrogen-bond acceptors (Lipinski definition) is 5. The summed E-state index contributed by atoms with van der Waals surface area (Å²) in [5.41, 5.74) is 2.62. The second-order valence-electron chi connectivity index (χ2n) is 2.72. The largest absolute Gasteiger partial charge is 0.467 e. The van der Waals surface area contributed by atoms with Gasteiger partial charge in [-0.1, -0.05) is 0 Å². The Morgan fingerprint density at radius 2 is 2.43 bits per heavy atom. The minimum atomic E-state index is -0.687. The molecule has 80 valence electrons. The molecular formula is C9H15NO4. The van der Waals surface area contributed by atoms with Crippen molar-refractivity contribution in [2.45, 2.75) is 6.10 Å². The molecule has 0 saturated heterocycles. The van der Waals surface area contributed by atoms with Gasteiger partial charge in [0.05, 0.1) is 26.0 Å². The van der Waals surface area contributed by atoms with E-state index in [0.717, 1.165) is 0 Å². The normalized spacial score (nSPS) is 13.0. The molecule has 0 aliphatic heterocycles. The molecule has 1 aromatic rings. The monoisotopic (exact) mass is 201 g/mol. The van der Waals surface area contributed by atoms with Gasteiger partial charge < -0.3 is 14.3 Å². The molecule has 0 fully saturated rings. The first-order valence-electron chi connectivity index (χ1n) is 4.39. The summed E-state index contributed by atoms with van der Waals surface area (Å²) in [5.74, 6) is 0.521. The molecule has 1 rings (SSSR count). The summed E-state index contributed by atoms with van der Waals surface area (Å²) in [7, 11) is 1.60. The minimum Gasteiger partial charge on any atom is -0.467 e. The van der Waals surface area contributed by atoms with Gasteiger partial charge in [0, 0.05) is 7.11 Å². The Kier molecular flexibility index (Phi) is 5.24. The van der Waals surface area contributed by atoms with Crippen molar-refractivity contribution in [2.24, 2.45) is 0 Å². The van der Waals surface area contributed by atoms with E-state index >= 15 is 0 Å². The van der Waals surface area contributed by atoms with Crippen LogP contribution in [0.5, 0.6) is 0 Å². The van der Waals surface area contributed by atoms with E-state index in [1.165, 1.54) is 6.26 Å². The van der Waals surface area contributed by atoms with Gasteiger partial charge in [-0.15, -0.1) is 0 Å². The number of furan rings is 1. The molecule has 0 radical (unpaired) electrons. The molecule has 0 saturated carbocycles. The Morgan fingerprint density at radius 1 is 1.57 bits per heavy atom. The third-order valence-electron chi connectivity index (χ3n) is 1.64. The van der Waals surface area contributed by atoms with Gasteiger partial charge in [-0.3, -0.25) is 4.84 Å². The molecule has 14 heavy (non-hydrogen) atoms. The highest BCUT2D eigenvalue weighted by Crippen LogP contribution is 2.11. The number of rotatable bonds is 7. The second-order valence-corrected chi connectivity index (χ2v) is 2.72. The molecule has 0 amide bonds. The van der Waals surface area contributed by atoms with Gasteiger partial charge in [0.2, 0.25) is 0 Å². The van der Waals surface area contributed by atoms with Crippen LogP contribution in [-0.4, -0.2) is 32.0 Å². The number of hydroxylamine groups is 1. The Hall–Kier alpha value is -0.880. The average Bonchev–Trinajstić information content (AvgIpc) is 2.70. The van der Waals surface area contributed by atoms with Gasteiger partial charge in [-0.2, -0.15) is 5.48 Å². The fourth-order valence-corrected chi connectivity index (χ4v) is 0.916. The lowest BCUT2D eigenvalue weighted by Gasteiger charge is -2.09. The van der Waals surface area contributed by atoms with Crippen molar-refractivity contribution in [2.75, 3.05) is 26.9 Å². The summed E-state index contributed by atoms with van der Waals surface area (Å²) in [6.07, 6.45) is 0.831. The first-order chi connectivity index (χ1) is 6.84. The van der Waals surface area contributed by atoms with Gasteiger partial charge >= 0.3 is 0 Å². The molecule has 0 aliphatic carbocycles. The van der Waals surface area contributed by atoms with E-state index in [4.69, 9.17) is 14.0 Å². The van der Waals surface area contributed by atoms with E-state index in [1.54, 1.807) is 19.2 Å². The number of hydrogen-bond donors (Lipinski definition) is 2. The summed E-state index contributed by atoms with van der Waals surface area (Å²) in [6, 6.07) is 3.44. The third kappa shape index (κ3) is 3.89. The zero-order valence-electron chi connectivity index (χ0n) is 8.10. The number of ether oxygens (including phenoxy) is 1. The third-order valence-corrected chi connectivity index (χ3v) is 1.64. The number of aliphatic hydroxyl groups excluding tert-OH is 1. The molecule has 1 aromatic heterocycles. The van der Waals surface area contributed by atoms with Gasteiger partial charge in [0.1, 0.15) is 11.9 Å². The van der Waals surface area contributed by atoms with Crippen molar-refractivity contribution in [3.63, 3.8) is 0 Å². The van der Waals surface area contributed by atoms with Crippen LogP contribution in [0.2, 0.25) is 0 Å². The number of methoxy groups -OCH3 is 1. The van der Waals surface area contributed by atoms with E-state index < -0.39 is 6.10 Å². The van der Waals surface area contributed by atoms with Crippen LogP contribution >= 0.6 is 0 Å². The van der Waals surface area contributed by atoms with Crippen molar-refractivity contribution >= 4 is 0 Å². The van der Waals surface area contributed by atoms with Crippen LogP contribution < -0.4 is 5.48 Å². The zero-order valence-corrected chi connectivity index (χ0v) is 8.10. The Labute approximate surface area is 82.6 Å². The first kappa shape index (κ1) is 11.2. The van der Waals surface area contributed by atoms with Crippen molar-refractivity contribution in [3.8, 4) is 0 Å². The summed E-state index contributed by atoms with van der Waals surface area (Å²) in [5, 5.41) is 9.50. The van der Waals surface area contributed by atoms with Crippen molar-refractivity contribution in [1.29, 1.82) is 0 Å². The highest BCUT2D eigenvalue weighted by Gasteiger charge is 2.08. The van der Waals surface area contributed by atoms with Crippen LogP contribution in [-0.2, 0) is 9.57 Å². The maximum absolute atomic E-state index is 9.50. The molecule has 1 unspecified atom stereocenters. The Morgan fingerprint density at radius 3 is 3.07 bits per heavy atom. The predicted molar refractivity (Wildman–Crippen MR) is 49.5 cm³/mol. The summed E-state index contributed by atoms with van der Waals surface area (Å²) in [6.45, 7) is 1.25. The van der Waals surface area contributed by atoms with Crippen molar-refractivity contribution in [1.82, 2.24) is 5.48 Å². The minimum absolute atomic E-state index is 0.289. The molecule has 5 heteroatoms. The second kappa shape index (κ2) is 6.56. The van der Waals surface area contributed by atoms with E-state index in [-0.39, 0.29) is 6.54 Å². The Bertz CT molecular complexity index is 225. The van der Waals surface area contributed by atoms with Gasteiger partial charge in [-0.25, -0.2) is 0 Å². The summed E-state index contributed by atoms with van der Waals surface area (Å²) in [4.78, 5) is 4.97. The smallest absolute Gasteiger partial charge is 0.133 e. The van der Waals surface area contributed by atoms with Gasteiger partial charge in [0.25, 0.3) is 0 Å². The fourth-order valence-electron chi connectivity index (χ4n) is 0.916. The molecule has 5 nitrogen and oxygen atoms in total. The van der Waals surface area contributed by atoms with E-state index in [9.17, 15) is 5.11 Å². The predicted octanol–water partition coefficient (Wildman–Crippen LogP) is 0.481. The quantitative estimate of drug-likeness (QED) is 0.496. The molecule has 0 aliphatic rings. The van der Waals surface area contributed by atoms with E-state index in [1.807, 2.05) is 0 Å². The van der Waals surface area contributed by atoms with Crippen molar-refractivity contribution < 1.29 is 19.1 Å². The molecule has 2 N–H and O–H groups in total. The number of nitrogens with one attached hydrogen (secondary N) is 1. The molecule has 1 atom stereocenters. The topological polar surface area (TPSA) is 63.9 Å². The molecule has 0 spiro atoms. The fraction of sp³-hybridized carbons (Fsp3) is 0.556. The SMILES string of the molecule is COCCONCC(O)c1ccco1.